The van der Waals surface area contributed by atoms with Gasteiger partial charge in [0, 0.05) is 36.4 Å². The van der Waals surface area contributed by atoms with Crippen molar-refractivity contribution in [2.45, 2.75) is 37.8 Å². The second kappa shape index (κ2) is 8.05. The molecule has 2 aromatic rings. The number of rotatable bonds is 3. The Morgan fingerprint density at radius 3 is 2.78 bits per heavy atom. The number of aromatic nitrogens is 2. The average molecular weight is 501 g/mol. The third-order valence-corrected chi connectivity index (χ3v) is 6.98. The third kappa shape index (κ3) is 4.00. The van der Waals surface area contributed by atoms with Crippen molar-refractivity contribution in [1.82, 2.24) is 14.9 Å². The Balaban J connectivity index is 1.42. The van der Waals surface area contributed by atoms with Crippen LogP contribution in [-0.4, -0.2) is 59.7 Å². The monoisotopic (exact) mass is 500 g/mol. The Morgan fingerprint density at radius 2 is 2.07 bits per heavy atom. The first kappa shape index (κ1) is 19.1. The zero-order chi connectivity index (χ0) is 19.0. The number of halogens is 2. The van der Waals surface area contributed by atoms with Crippen LogP contribution in [-0.2, 0) is 9.53 Å². The summed E-state index contributed by atoms with van der Waals surface area (Å²) in [5.74, 6) is 0.993. The van der Waals surface area contributed by atoms with Gasteiger partial charge in [0.25, 0.3) is 5.91 Å². The Hall–Kier alpha value is -1.19. The lowest BCUT2D eigenvalue weighted by Crippen LogP contribution is -2.48. The van der Waals surface area contributed by atoms with Gasteiger partial charge in [-0.05, 0) is 60.4 Å². The molecule has 27 heavy (non-hydrogen) atoms. The van der Waals surface area contributed by atoms with E-state index in [4.69, 9.17) is 21.3 Å². The van der Waals surface area contributed by atoms with Gasteiger partial charge in [-0.2, -0.15) is 0 Å². The largest absolute Gasteiger partial charge is 0.368 e. The number of anilines is 1. The first-order chi connectivity index (χ1) is 13.0. The summed E-state index contributed by atoms with van der Waals surface area (Å²) >= 11 is 8.43. The van der Waals surface area contributed by atoms with E-state index in [2.05, 4.69) is 32.5 Å². The van der Waals surface area contributed by atoms with Crippen molar-refractivity contribution in [3.63, 3.8) is 0 Å². The molecular weight excluding hydrogens is 479 g/mol. The summed E-state index contributed by atoms with van der Waals surface area (Å²) in [5.41, 5.74) is 1.66. The van der Waals surface area contributed by atoms with Crippen LogP contribution in [0.15, 0.2) is 18.3 Å². The van der Waals surface area contributed by atoms with Crippen molar-refractivity contribution in [2.75, 3.05) is 31.6 Å². The van der Waals surface area contributed by atoms with Gasteiger partial charge in [-0.25, -0.2) is 4.98 Å². The van der Waals surface area contributed by atoms with Gasteiger partial charge >= 0.3 is 0 Å². The molecule has 1 amide bonds. The minimum atomic E-state index is -0.244. The van der Waals surface area contributed by atoms with Gasteiger partial charge in [0.05, 0.1) is 22.3 Å². The van der Waals surface area contributed by atoms with Crippen LogP contribution in [0.25, 0.3) is 11.0 Å². The van der Waals surface area contributed by atoms with E-state index in [9.17, 15) is 4.79 Å². The number of hydrogen-bond acceptors (Lipinski definition) is 5. The van der Waals surface area contributed by atoms with Crippen molar-refractivity contribution in [2.24, 2.45) is 0 Å². The van der Waals surface area contributed by atoms with E-state index in [1.807, 2.05) is 30.3 Å². The molecule has 4 rings (SSSR count). The Labute approximate surface area is 177 Å². The van der Waals surface area contributed by atoms with E-state index in [1.165, 1.54) is 0 Å². The number of amides is 1. The molecule has 1 aromatic heterocycles. The minimum Gasteiger partial charge on any atom is -0.368 e. The topological polar surface area (TPSA) is 58.6 Å². The Bertz CT molecular complexity index is 851. The molecule has 3 heterocycles. The van der Waals surface area contributed by atoms with Crippen LogP contribution in [0.1, 0.15) is 25.7 Å². The lowest BCUT2D eigenvalue weighted by molar-refractivity contribution is -0.142. The van der Waals surface area contributed by atoms with Crippen molar-refractivity contribution < 1.29 is 9.53 Å². The maximum absolute atomic E-state index is 12.6. The minimum absolute atomic E-state index is 0.126. The molecule has 0 aliphatic carbocycles. The summed E-state index contributed by atoms with van der Waals surface area (Å²) < 4.78 is 6.52. The highest BCUT2D eigenvalue weighted by Crippen LogP contribution is 2.27. The summed E-state index contributed by atoms with van der Waals surface area (Å²) in [5, 5.41) is 0.697. The molecule has 144 valence electrons. The molecule has 2 aliphatic heterocycles. The number of fused-ring (bicyclic) bond motifs is 1. The average Bonchev–Trinajstić information content (AvgIpc) is 3.22. The lowest BCUT2D eigenvalue weighted by atomic mass is 10.0. The number of nitrogens with zero attached hydrogens (tertiary/aromatic N) is 4. The summed E-state index contributed by atoms with van der Waals surface area (Å²) in [6.45, 7) is 2.41. The summed E-state index contributed by atoms with van der Waals surface area (Å²) in [4.78, 5) is 26.0. The molecule has 0 bridgehead atoms. The SMILES string of the molecule is CN(C(=O)[C@H]1CCCO1)C1CCN(c2cnc3cc(I)c(Cl)cc3n2)CC1. The first-order valence-electron chi connectivity index (χ1n) is 9.28. The fourth-order valence-electron chi connectivity index (χ4n) is 3.81. The van der Waals surface area contributed by atoms with Crippen molar-refractivity contribution in [1.29, 1.82) is 0 Å². The molecule has 0 N–H and O–H groups in total. The number of ether oxygens (including phenoxy) is 1. The summed E-state index contributed by atoms with van der Waals surface area (Å²) in [6.07, 6.45) is 5.24. The Morgan fingerprint density at radius 1 is 1.30 bits per heavy atom. The number of benzene rings is 1. The molecule has 0 unspecified atom stereocenters. The number of carbonyl (C=O) groups is 1. The maximum Gasteiger partial charge on any atom is 0.251 e. The molecule has 2 fully saturated rings. The van der Waals surface area contributed by atoms with Crippen molar-refractivity contribution >= 4 is 57.0 Å². The fraction of sp³-hybridized carbons (Fsp3) is 0.526. The molecule has 1 atom stereocenters. The summed E-state index contributed by atoms with van der Waals surface area (Å²) in [7, 11) is 1.91. The molecule has 1 aromatic carbocycles. The van der Waals surface area contributed by atoms with Gasteiger partial charge in [-0.3, -0.25) is 9.78 Å². The van der Waals surface area contributed by atoms with Gasteiger partial charge in [0.15, 0.2) is 0 Å². The third-order valence-electron chi connectivity index (χ3n) is 5.46. The number of hydrogen-bond donors (Lipinski definition) is 0. The van der Waals surface area contributed by atoms with Crippen LogP contribution in [0.5, 0.6) is 0 Å². The Kier molecular flexibility index (Phi) is 5.70. The highest BCUT2D eigenvalue weighted by molar-refractivity contribution is 14.1. The van der Waals surface area contributed by atoms with Crippen LogP contribution in [0.3, 0.4) is 0 Å². The molecule has 0 radical (unpaired) electrons. The lowest BCUT2D eigenvalue weighted by Gasteiger charge is -2.37. The van der Waals surface area contributed by atoms with Gasteiger partial charge < -0.3 is 14.5 Å². The number of likely N-dealkylation sites (N-methyl/N-ethyl adjacent to an activating group) is 1. The van der Waals surface area contributed by atoms with Gasteiger partial charge in [-0.15, -0.1) is 0 Å². The maximum atomic E-state index is 12.6. The van der Waals surface area contributed by atoms with Crippen LogP contribution in [0.2, 0.25) is 5.02 Å². The molecular formula is C19H22ClIN4O2. The highest BCUT2D eigenvalue weighted by atomic mass is 127. The van der Waals surface area contributed by atoms with E-state index in [1.54, 1.807) is 0 Å². The van der Waals surface area contributed by atoms with Crippen LogP contribution in [0, 0.1) is 3.57 Å². The van der Waals surface area contributed by atoms with E-state index in [0.29, 0.717) is 11.6 Å². The van der Waals surface area contributed by atoms with E-state index < -0.39 is 0 Å². The molecule has 8 heteroatoms. The van der Waals surface area contributed by atoms with Gasteiger partial charge in [0.2, 0.25) is 0 Å². The van der Waals surface area contributed by atoms with Crippen LogP contribution >= 0.6 is 34.2 Å². The normalized spacial score (nSPS) is 21.0. The van der Waals surface area contributed by atoms with Crippen LogP contribution in [0.4, 0.5) is 5.82 Å². The standard InChI is InChI=1S/C19H22ClIN4O2/c1-24(19(26)17-3-2-8-27-17)12-4-6-25(7-5-12)18-11-22-15-10-14(21)13(20)9-16(15)23-18/h9-12,17H,2-8H2,1H3/t17-/m1/s1. The first-order valence-corrected chi connectivity index (χ1v) is 10.7. The quantitative estimate of drug-likeness (QED) is 0.604. The van der Waals surface area contributed by atoms with Crippen molar-refractivity contribution in [3.8, 4) is 0 Å². The number of carbonyl (C=O) groups excluding carboxylic acids is 1. The van der Waals surface area contributed by atoms with E-state index in [-0.39, 0.29) is 18.1 Å². The van der Waals surface area contributed by atoms with E-state index in [0.717, 1.165) is 59.2 Å². The van der Waals surface area contributed by atoms with Crippen LogP contribution < -0.4 is 4.90 Å². The predicted octanol–water partition coefficient (Wildman–Crippen LogP) is 3.49. The predicted molar refractivity (Wildman–Crippen MR) is 114 cm³/mol. The molecule has 0 saturated carbocycles. The molecule has 6 nitrogen and oxygen atoms in total. The second-order valence-corrected chi connectivity index (χ2v) is 8.72. The highest BCUT2D eigenvalue weighted by Gasteiger charge is 2.32. The zero-order valence-electron chi connectivity index (χ0n) is 15.2. The van der Waals surface area contributed by atoms with Gasteiger partial charge in [-0.1, -0.05) is 11.6 Å². The second-order valence-electron chi connectivity index (χ2n) is 7.15. The zero-order valence-corrected chi connectivity index (χ0v) is 18.1. The van der Waals surface area contributed by atoms with E-state index >= 15 is 0 Å². The molecule has 0 spiro atoms. The number of piperidine rings is 1. The van der Waals surface area contributed by atoms with Crippen molar-refractivity contribution in [3.05, 3.63) is 26.9 Å². The summed E-state index contributed by atoms with van der Waals surface area (Å²) in [6, 6.07) is 4.07. The van der Waals surface area contributed by atoms with Gasteiger partial charge in [0.1, 0.15) is 11.9 Å². The smallest absolute Gasteiger partial charge is 0.251 e. The molecule has 2 saturated heterocycles. The fourth-order valence-corrected chi connectivity index (χ4v) is 4.42. The molecule has 2 aliphatic rings.